The molecule has 0 saturated carbocycles. The Balaban J connectivity index is 2.71. The van der Waals surface area contributed by atoms with Crippen LogP contribution < -0.4 is 5.32 Å². The van der Waals surface area contributed by atoms with Crippen LogP contribution in [0.15, 0.2) is 24.3 Å². The quantitative estimate of drug-likeness (QED) is 0.766. The highest BCUT2D eigenvalue weighted by Crippen LogP contribution is 2.06. The first-order valence-corrected chi connectivity index (χ1v) is 5.21. The van der Waals surface area contributed by atoms with Gasteiger partial charge >= 0.3 is 0 Å². The van der Waals surface area contributed by atoms with Gasteiger partial charge in [0, 0.05) is 17.7 Å². The summed E-state index contributed by atoms with van der Waals surface area (Å²) in [6.45, 7) is 2.65. The average Bonchev–Trinajstić information content (AvgIpc) is 2.26. The molecule has 0 fully saturated rings. The van der Waals surface area contributed by atoms with Crippen LogP contribution in [0.4, 0.5) is 0 Å². The molecule has 0 spiro atoms. The van der Waals surface area contributed by atoms with E-state index in [2.05, 4.69) is 17.9 Å². The summed E-state index contributed by atoms with van der Waals surface area (Å²) in [4.78, 5) is 22.3. The Morgan fingerprint density at radius 1 is 1.20 bits per heavy atom. The monoisotopic (exact) mass is 223 g/mol. The number of rotatable bonds is 4. The SMILES string of the molecule is CCCNC(=O)c1ccc(C(=O)S)cc1. The predicted molar refractivity (Wildman–Crippen MR) is 62.4 cm³/mol. The van der Waals surface area contributed by atoms with Crippen LogP contribution in [0.1, 0.15) is 34.1 Å². The van der Waals surface area contributed by atoms with Gasteiger partial charge in [-0.2, -0.15) is 0 Å². The molecule has 0 aliphatic rings. The fraction of sp³-hybridized carbons (Fsp3) is 0.273. The molecule has 1 N–H and O–H groups in total. The lowest BCUT2D eigenvalue weighted by Crippen LogP contribution is -2.23. The van der Waals surface area contributed by atoms with Crippen molar-refractivity contribution in [3.63, 3.8) is 0 Å². The van der Waals surface area contributed by atoms with E-state index < -0.39 is 0 Å². The lowest BCUT2D eigenvalue weighted by atomic mass is 10.1. The van der Waals surface area contributed by atoms with Crippen molar-refractivity contribution in [1.82, 2.24) is 5.32 Å². The van der Waals surface area contributed by atoms with E-state index >= 15 is 0 Å². The fourth-order valence-corrected chi connectivity index (χ4v) is 1.25. The molecule has 1 amide bonds. The van der Waals surface area contributed by atoms with E-state index in [4.69, 9.17) is 0 Å². The maximum atomic E-state index is 11.5. The number of carbonyl (C=O) groups is 2. The highest BCUT2D eigenvalue weighted by Gasteiger charge is 2.05. The maximum Gasteiger partial charge on any atom is 0.251 e. The van der Waals surface area contributed by atoms with E-state index in [0.717, 1.165) is 6.42 Å². The van der Waals surface area contributed by atoms with Crippen molar-refractivity contribution < 1.29 is 9.59 Å². The van der Waals surface area contributed by atoms with Crippen LogP contribution in [-0.4, -0.2) is 17.6 Å². The molecule has 3 nitrogen and oxygen atoms in total. The molecule has 15 heavy (non-hydrogen) atoms. The molecule has 80 valence electrons. The molecule has 0 radical (unpaired) electrons. The average molecular weight is 223 g/mol. The van der Waals surface area contributed by atoms with Crippen LogP contribution in [0.5, 0.6) is 0 Å². The number of benzene rings is 1. The largest absolute Gasteiger partial charge is 0.352 e. The second-order valence-electron chi connectivity index (χ2n) is 3.14. The Bertz CT molecular complexity index is 359. The lowest BCUT2D eigenvalue weighted by molar-refractivity contribution is 0.0952. The van der Waals surface area contributed by atoms with Crippen molar-refractivity contribution in [2.75, 3.05) is 6.54 Å². The molecule has 0 heterocycles. The van der Waals surface area contributed by atoms with Crippen LogP contribution in [-0.2, 0) is 0 Å². The number of hydrogen-bond donors (Lipinski definition) is 2. The van der Waals surface area contributed by atoms with Gasteiger partial charge in [-0.25, -0.2) is 0 Å². The molecule has 0 unspecified atom stereocenters. The molecule has 0 saturated heterocycles. The van der Waals surface area contributed by atoms with E-state index in [1.165, 1.54) is 0 Å². The molecule has 1 aromatic rings. The Labute approximate surface area is 94.3 Å². The summed E-state index contributed by atoms with van der Waals surface area (Å²) < 4.78 is 0. The Hall–Kier alpha value is -1.29. The smallest absolute Gasteiger partial charge is 0.251 e. The van der Waals surface area contributed by atoms with Crippen LogP contribution in [0, 0.1) is 0 Å². The third-order valence-corrected chi connectivity index (χ3v) is 2.19. The Morgan fingerprint density at radius 3 is 2.20 bits per heavy atom. The molecule has 0 aromatic heterocycles. The van der Waals surface area contributed by atoms with Gasteiger partial charge < -0.3 is 5.32 Å². The van der Waals surface area contributed by atoms with Gasteiger partial charge in [0.15, 0.2) is 0 Å². The number of thiol groups is 1. The van der Waals surface area contributed by atoms with Crippen molar-refractivity contribution in [3.8, 4) is 0 Å². The van der Waals surface area contributed by atoms with Crippen LogP contribution in [0.3, 0.4) is 0 Å². The van der Waals surface area contributed by atoms with Gasteiger partial charge in [-0.3, -0.25) is 9.59 Å². The molecule has 0 aliphatic carbocycles. The van der Waals surface area contributed by atoms with Gasteiger partial charge in [0.25, 0.3) is 5.91 Å². The minimum atomic E-state index is -0.296. The van der Waals surface area contributed by atoms with Gasteiger partial charge in [0.05, 0.1) is 0 Å². The van der Waals surface area contributed by atoms with Gasteiger partial charge in [0.2, 0.25) is 5.12 Å². The van der Waals surface area contributed by atoms with Crippen molar-refractivity contribution in [1.29, 1.82) is 0 Å². The highest BCUT2D eigenvalue weighted by molar-refractivity contribution is 7.97. The highest BCUT2D eigenvalue weighted by atomic mass is 32.1. The van der Waals surface area contributed by atoms with Gasteiger partial charge in [0.1, 0.15) is 0 Å². The minimum absolute atomic E-state index is 0.116. The van der Waals surface area contributed by atoms with Gasteiger partial charge in [-0.05, 0) is 30.7 Å². The summed E-state index contributed by atoms with van der Waals surface area (Å²) in [5.41, 5.74) is 1.05. The minimum Gasteiger partial charge on any atom is -0.352 e. The van der Waals surface area contributed by atoms with Crippen molar-refractivity contribution >= 4 is 23.7 Å². The van der Waals surface area contributed by atoms with E-state index in [0.29, 0.717) is 17.7 Å². The van der Waals surface area contributed by atoms with Crippen molar-refractivity contribution in [2.45, 2.75) is 13.3 Å². The molecule has 4 heteroatoms. The van der Waals surface area contributed by atoms with Gasteiger partial charge in [-0.15, -0.1) is 12.6 Å². The second-order valence-corrected chi connectivity index (χ2v) is 3.54. The Morgan fingerprint density at radius 2 is 1.73 bits per heavy atom. The molecule has 1 aromatic carbocycles. The van der Waals surface area contributed by atoms with Crippen LogP contribution in [0.25, 0.3) is 0 Å². The van der Waals surface area contributed by atoms with E-state index in [1.807, 2.05) is 6.92 Å². The van der Waals surface area contributed by atoms with Crippen LogP contribution in [0.2, 0.25) is 0 Å². The second kappa shape index (κ2) is 5.56. The number of amides is 1. The molecule has 0 atom stereocenters. The first-order chi connectivity index (χ1) is 7.15. The summed E-state index contributed by atoms with van der Waals surface area (Å²) in [5.74, 6) is -0.116. The summed E-state index contributed by atoms with van der Waals surface area (Å²) in [6, 6.07) is 6.43. The van der Waals surface area contributed by atoms with Gasteiger partial charge in [-0.1, -0.05) is 6.92 Å². The normalized spacial score (nSPS) is 9.73. The topological polar surface area (TPSA) is 46.2 Å². The van der Waals surface area contributed by atoms with Crippen LogP contribution >= 0.6 is 12.6 Å². The summed E-state index contributed by atoms with van der Waals surface area (Å²) in [5, 5.41) is 2.46. The van der Waals surface area contributed by atoms with Crippen molar-refractivity contribution in [2.24, 2.45) is 0 Å². The summed E-state index contributed by atoms with van der Waals surface area (Å²) in [6.07, 6.45) is 0.902. The predicted octanol–water partition coefficient (Wildman–Crippen LogP) is 1.90. The third kappa shape index (κ3) is 3.40. The lowest BCUT2D eigenvalue weighted by Gasteiger charge is -2.03. The zero-order valence-corrected chi connectivity index (χ0v) is 9.38. The Kier molecular flexibility index (Phi) is 4.37. The molecular weight excluding hydrogens is 210 g/mol. The maximum absolute atomic E-state index is 11.5. The summed E-state index contributed by atoms with van der Waals surface area (Å²) in [7, 11) is 0. The zero-order valence-electron chi connectivity index (χ0n) is 8.49. The number of carbonyl (C=O) groups excluding carboxylic acids is 2. The molecule has 0 bridgehead atoms. The van der Waals surface area contributed by atoms with E-state index in [9.17, 15) is 9.59 Å². The summed E-state index contributed by atoms with van der Waals surface area (Å²) >= 11 is 3.69. The van der Waals surface area contributed by atoms with E-state index in [-0.39, 0.29) is 11.0 Å². The van der Waals surface area contributed by atoms with Crippen molar-refractivity contribution in [3.05, 3.63) is 35.4 Å². The molecule has 0 aliphatic heterocycles. The fourth-order valence-electron chi connectivity index (χ4n) is 1.10. The molecular formula is C11H13NO2S. The standard InChI is InChI=1S/C11H13NO2S/c1-2-7-12-10(13)8-3-5-9(6-4-8)11(14)15/h3-6H,2,7H2,1H3,(H,12,13)(H,14,15). The first kappa shape index (κ1) is 11.8. The zero-order chi connectivity index (χ0) is 11.3. The number of nitrogens with one attached hydrogen (secondary N) is 1. The first-order valence-electron chi connectivity index (χ1n) is 4.76. The number of hydrogen-bond acceptors (Lipinski definition) is 2. The third-order valence-electron chi connectivity index (χ3n) is 1.93. The molecule has 1 rings (SSSR count). The van der Waals surface area contributed by atoms with E-state index in [1.54, 1.807) is 24.3 Å².